The van der Waals surface area contributed by atoms with Gasteiger partial charge in [-0.15, -0.1) is 0 Å². The molecule has 0 aliphatic carbocycles. The minimum Gasteiger partial charge on any atom is -0.364 e. The molecule has 0 bridgehead atoms. The second kappa shape index (κ2) is 5.65. The number of hydrogen-bond acceptors (Lipinski definition) is 4. The Morgan fingerprint density at radius 3 is 2.88 bits per heavy atom. The maximum absolute atomic E-state index is 11.5. The fourth-order valence-corrected chi connectivity index (χ4v) is 1.14. The van der Waals surface area contributed by atoms with E-state index in [2.05, 4.69) is 20.3 Å². The molecule has 1 rings (SSSR count). The number of rotatable bonds is 6. The van der Waals surface area contributed by atoms with Gasteiger partial charge in [-0.2, -0.15) is 0 Å². The molecular formula is C11H19N3O2. The number of amides is 1. The molecule has 0 atom stereocenters. The van der Waals surface area contributed by atoms with E-state index in [0.29, 0.717) is 6.54 Å². The van der Waals surface area contributed by atoms with Crippen LogP contribution < -0.4 is 10.6 Å². The second-order valence-corrected chi connectivity index (χ2v) is 4.38. The number of nitrogens with one attached hydrogen (secondary N) is 2. The van der Waals surface area contributed by atoms with Crippen LogP contribution in [0, 0.1) is 0 Å². The predicted molar refractivity (Wildman–Crippen MR) is 60.7 cm³/mol. The number of carbonyl (C=O) groups is 1. The molecule has 5 heteroatoms. The smallest absolute Gasteiger partial charge is 0.234 e. The molecule has 0 aliphatic heterocycles. The molecule has 0 saturated carbocycles. The third-order valence-electron chi connectivity index (χ3n) is 2.44. The summed E-state index contributed by atoms with van der Waals surface area (Å²) >= 11 is 0. The Morgan fingerprint density at radius 2 is 2.31 bits per heavy atom. The summed E-state index contributed by atoms with van der Waals surface area (Å²) in [5, 5.41) is 9.68. The van der Waals surface area contributed by atoms with Crippen molar-refractivity contribution in [3.63, 3.8) is 0 Å². The molecule has 0 fully saturated rings. The Balaban J connectivity index is 2.20. The highest BCUT2D eigenvalue weighted by Crippen LogP contribution is 2.05. The summed E-state index contributed by atoms with van der Waals surface area (Å²) in [6, 6.07) is 1.76. The van der Waals surface area contributed by atoms with Crippen molar-refractivity contribution in [2.75, 3.05) is 6.54 Å². The van der Waals surface area contributed by atoms with E-state index in [1.165, 1.54) is 6.26 Å². The molecule has 0 radical (unpaired) electrons. The van der Waals surface area contributed by atoms with Gasteiger partial charge in [-0.25, -0.2) is 0 Å². The van der Waals surface area contributed by atoms with Crippen molar-refractivity contribution in [3.8, 4) is 0 Å². The van der Waals surface area contributed by atoms with Crippen LogP contribution in [0.2, 0.25) is 0 Å². The zero-order valence-corrected chi connectivity index (χ0v) is 10.0. The first-order valence-corrected chi connectivity index (χ1v) is 5.44. The van der Waals surface area contributed by atoms with E-state index in [9.17, 15) is 4.79 Å². The van der Waals surface area contributed by atoms with Gasteiger partial charge in [0.2, 0.25) is 5.91 Å². The summed E-state index contributed by atoms with van der Waals surface area (Å²) in [6.07, 6.45) is 2.42. The zero-order valence-electron chi connectivity index (χ0n) is 10.0. The van der Waals surface area contributed by atoms with Crippen LogP contribution in [-0.4, -0.2) is 23.1 Å². The summed E-state index contributed by atoms with van der Waals surface area (Å²) in [5.41, 5.74) is 0.648. The lowest BCUT2D eigenvalue weighted by Crippen LogP contribution is -2.46. The first-order valence-electron chi connectivity index (χ1n) is 5.44. The molecular weight excluding hydrogens is 206 g/mol. The van der Waals surface area contributed by atoms with Gasteiger partial charge in [-0.1, -0.05) is 12.1 Å². The molecule has 2 N–H and O–H groups in total. The monoisotopic (exact) mass is 225 g/mol. The average molecular weight is 225 g/mol. The van der Waals surface area contributed by atoms with E-state index in [1.807, 2.05) is 20.8 Å². The first-order chi connectivity index (χ1) is 7.53. The van der Waals surface area contributed by atoms with E-state index in [1.54, 1.807) is 6.07 Å². The fourth-order valence-electron chi connectivity index (χ4n) is 1.14. The SMILES string of the molecule is CCC(C)(C)NC(=O)CNCc1ccon1. The van der Waals surface area contributed by atoms with Crippen LogP contribution in [0.15, 0.2) is 16.9 Å². The fraction of sp³-hybridized carbons (Fsp3) is 0.636. The van der Waals surface area contributed by atoms with E-state index >= 15 is 0 Å². The minimum absolute atomic E-state index is 0.00431. The maximum atomic E-state index is 11.5. The highest BCUT2D eigenvalue weighted by atomic mass is 16.5. The second-order valence-electron chi connectivity index (χ2n) is 4.38. The molecule has 0 aliphatic rings. The molecule has 1 amide bonds. The number of aromatic nitrogens is 1. The topological polar surface area (TPSA) is 67.2 Å². The van der Waals surface area contributed by atoms with Crippen LogP contribution >= 0.6 is 0 Å². The normalized spacial score (nSPS) is 11.4. The Bertz CT molecular complexity index is 320. The molecule has 1 aromatic rings. The van der Waals surface area contributed by atoms with Gasteiger partial charge in [0, 0.05) is 18.2 Å². The molecule has 0 spiro atoms. The molecule has 16 heavy (non-hydrogen) atoms. The van der Waals surface area contributed by atoms with Crippen molar-refractivity contribution in [2.45, 2.75) is 39.3 Å². The summed E-state index contributed by atoms with van der Waals surface area (Å²) in [5.74, 6) is -0.00431. The van der Waals surface area contributed by atoms with Crippen LogP contribution in [0.25, 0.3) is 0 Å². The zero-order chi connectivity index (χ0) is 12.0. The molecule has 90 valence electrons. The van der Waals surface area contributed by atoms with E-state index in [-0.39, 0.29) is 18.0 Å². The van der Waals surface area contributed by atoms with Crippen LogP contribution in [0.1, 0.15) is 32.9 Å². The van der Waals surface area contributed by atoms with Crippen molar-refractivity contribution in [2.24, 2.45) is 0 Å². The Kier molecular flexibility index (Phi) is 4.49. The van der Waals surface area contributed by atoms with Gasteiger partial charge in [0.05, 0.1) is 12.2 Å². The van der Waals surface area contributed by atoms with Crippen LogP contribution in [-0.2, 0) is 11.3 Å². The molecule has 1 heterocycles. The van der Waals surface area contributed by atoms with Crippen LogP contribution in [0.5, 0.6) is 0 Å². The number of nitrogens with zero attached hydrogens (tertiary/aromatic N) is 1. The summed E-state index contributed by atoms with van der Waals surface area (Å²) in [7, 11) is 0. The van der Waals surface area contributed by atoms with Crippen molar-refractivity contribution in [1.29, 1.82) is 0 Å². The summed E-state index contributed by atoms with van der Waals surface area (Å²) < 4.78 is 4.68. The highest BCUT2D eigenvalue weighted by molar-refractivity contribution is 5.78. The van der Waals surface area contributed by atoms with Crippen molar-refractivity contribution in [1.82, 2.24) is 15.8 Å². The van der Waals surface area contributed by atoms with E-state index < -0.39 is 0 Å². The lowest BCUT2D eigenvalue weighted by Gasteiger charge is -2.24. The third-order valence-corrected chi connectivity index (χ3v) is 2.44. The molecule has 0 aromatic carbocycles. The quantitative estimate of drug-likeness (QED) is 0.760. The van der Waals surface area contributed by atoms with Crippen molar-refractivity contribution < 1.29 is 9.32 Å². The minimum atomic E-state index is -0.146. The lowest BCUT2D eigenvalue weighted by molar-refractivity contribution is -0.121. The Labute approximate surface area is 95.6 Å². The molecule has 0 saturated heterocycles. The van der Waals surface area contributed by atoms with Crippen LogP contribution in [0.3, 0.4) is 0 Å². The van der Waals surface area contributed by atoms with Crippen molar-refractivity contribution >= 4 is 5.91 Å². The van der Waals surface area contributed by atoms with Crippen molar-refractivity contribution in [3.05, 3.63) is 18.0 Å². The highest BCUT2D eigenvalue weighted by Gasteiger charge is 2.17. The Morgan fingerprint density at radius 1 is 1.56 bits per heavy atom. The van der Waals surface area contributed by atoms with Gasteiger partial charge in [0.15, 0.2) is 0 Å². The van der Waals surface area contributed by atoms with Gasteiger partial charge in [0.25, 0.3) is 0 Å². The summed E-state index contributed by atoms with van der Waals surface area (Å²) in [4.78, 5) is 11.5. The van der Waals surface area contributed by atoms with Crippen LogP contribution in [0.4, 0.5) is 0 Å². The standard InChI is InChI=1S/C11H19N3O2/c1-4-11(2,3)13-10(15)8-12-7-9-5-6-16-14-9/h5-6,12H,4,7-8H2,1-3H3,(H,13,15). The third kappa shape index (κ3) is 4.44. The predicted octanol–water partition coefficient (Wildman–Crippen LogP) is 1.07. The maximum Gasteiger partial charge on any atom is 0.234 e. The Hall–Kier alpha value is -1.36. The molecule has 1 aromatic heterocycles. The number of hydrogen-bond donors (Lipinski definition) is 2. The van der Waals surface area contributed by atoms with E-state index in [4.69, 9.17) is 0 Å². The van der Waals surface area contributed by atoms with Gasteiger partial charge in [-0.05, 0) is 20.3 Å². The largest absolute Gasteiger partial charge is 0.364 e. The van der Waals surface area contributed by atoms with E-state index in [0.717, 1.165) is 12.1 Å². The lowest BCUT2D eigenvalue weighted by atomic mass is 10.0. The van der Waals surface area contributed by atoms with Gasteiger partial charge in [0.1, 0.15) is 6.26 Å². The van der Waals surface area contributed by atoms with Gasteiger partial charge in [-0.3, -0.25) is 4.79 Å². The van der Waals surface area contributed by atoms with Gasteiger partial charge < -0.3 is 15.2 Å². The van der Waals surface area contributed by atoms with Gasteiger partial charge >= 0.3 is 0 Å². The summed E-state index contributed by atoms with van der Waals surface area (Å²) in [6.45, 7) is 6.88. The number of carbonyl (C=O) groups excluding carboxylic acids is 1. The molecule has 5 nitrogen and oxygen atoms in total. The molecule has 0 unspecified atom stereocenters. The average Bonchev–Trinajstić information content (AvgIpc) is 2.70. The first kappa shape index (κ1) is 12.7.